The van der Waals surface area contributed by atoms with Gasteiger partial charge in [-0.1, -0.05) is 18.2 Å². The zero-order valence-corrected chi connectivity index (χ0v) is 15.6. The van der Waals surface area contributed by atoms with Gasteiger partial charge < -0.3 is 24.5 Å². The number of piperidine rings is 1. The number of H-pyrrole nitrogens is 1. The summed E-state index contributed by atoms with van der Waals surface area (Å²) in [5.74, 6) is -0.206. The molecule has 0 aliphatic carbocycles. The number of ether oxygens (including phenoxy) is 2. The Hall–Kier alpha value is -2.83. The van der Waals surface area contributed by atoms with Gasteiger partial charge in [0.1, 0.15) is 0 Å². The molecule has 2 aliphatic rings. The van der Waals surface area contributed by atoms with Crippen LogP contribution in [0.15, 0.2) is 53.5 Å². The molecule has 28 heavy (non-hydrogen) atoms. The highest BCUT2D eigenvalue weighted by molar-refractivity contribution is 6.02. The van der Waals surface area contributed by atoms with Crippen molar-refractivity contribution in [3.8, 4) is 5.88 Å². The minimum Gasteiger partial charge on any atom is -0.494 e. The van der Waals surface area contributed by atoms with Gasteiger partial charge in [0, 0.05) is 48.7 Å². The smallest absolute Gasteiger partial charge is 0.198 e. The summed E-state index contributed by atoms with van der Waals surface area (Å²) in [7, 11) is 0. The van der Waals surface area contributed by atoms with E-state index in [1.54, 1.807) is 6.21 Å². The van der Waals surface area contributed by atoms with Crippen LogP contribution in [0.4, 0.5) is 11.4 Å². The summed E-state index contributed by atoms with van der Waals surface area (Å²) < 4.78 is 11.6. The van der Waals surface area contributed by atoms with Crippen LogP contribution < -0.4 is 4.90 Å². The lowest BCUT2D eigenvalue weighted by Crippen LogP contribution is -2.45. The van der Waals surface area contributed by atoms with Gasteiger partial charge in [-0.15, -0.1) is 0 Å². The van der Waals surface area contributed by atoms with Crippen molar-refractivity contribution in [1.82, 2.24) is 4.98 Å². The molecule has 2 aromatic carbocycles. The zero-order valence-electron chi connectivity index (χ0n) is 15.6. The van der Waals surface area contributed by atoms with Crippen molar-refractivity contribution in [2.75, 3.05) is 31.2 Å². The van der Waals surface area contributed by atoms with Gasteiger partial charge in [-0.3, -0.25) is 4.99 Å². The van der Waals surface area contributed by atoms with E-state index in [1.165, 1.54) is 5.69 Å². The Morgan fingerprint density at radius 1 is 1.00 bits per heavy atom. The average Bonchev–Trinajstić information content (AvgIpc) is 3.31. The van der Waals surface area contributed by atoms with Crippen LogP contribution in [0.2, 0.25) is 0 Å². The van der Waals surface area contributed by atoms with Gasteiger partial charge in [-0.2, -0.15) is 0 Å². The van der Waals surface area contributed by atoms with Crippen LogP contribution >= 0.6 is 0 Å². The standard InChI is InChI=1S/C22H23N3O3/c26-21-19(18-3-1-2-4-20(18)24-21)15-23-16-5-7-17(8-6-16)25-11-9-22(10-12-25)27-13-14-28-22/h1-8,15,24,26H,9-14H2. The number of para-hydroxylation sites is 1. The largest absolute Gasteiger partial charge is 0.494 e. The highest BCUT2D eigenvalue weighted by Crippen LogP contribution is 2.33. The van der Waals surface area contributed by atoms with Crippen LogP contribution in [0.1, 0.15) is 18.4 Å². The summed E-state index contributed by atoms with van der Waals surface area (Å²) in [6.07, 6.45) is 3.50. The molecule has 2 saturated heterocycles. The van der Waals surface area contributed by atoms with Gasteiger partial charge in [0.25, 0.3) is 0 Å². The maximum atomic E-state index is 10.1. The molecule has 6 nitrogen and oxygen atoms in total. The van der Waals surface area contributed by atoms with Crippen LogP contribution in [-0.2, 0) is 9.47 Å². The van der Waals surface area contributed by atoms with E-state index in [-0.39, 0.29) is 11.7 Å². The fraction of sp³-hybridized carbons (Fsp3) is 0.318. The van der Waals surface area contributed by atoms with Gasteiger partial charge in [-0.05, 0) is 30.3 Å². The second-order valence-electron chi connectivity index (χ2n) is 7.30. The van der Waals surface area contributed by atoms with Crippen molar-refractivity contribution in [3.63, 3.8) is 0 Å². The molecule has 2 N–H and O–H groups in total. The van der Waals surface area contributed by atoms with E-state index >= 15 is 0 Å². The van der Waals surface area contributed by atoms with Gasteiger partial charge in [0.05, 0.1) is 24.5 Å². The number of hydrogen-bond donors (Lipinski definition) is 2. The lowest BCUT2D eigenvalue weighted by molar-refractivity contribution is -0.169. The van der Waals surface area contributed by atoms with Gasteiger partial charge in [-0.25, -0.2) is 0 Å². The summed E-state index contributed by atoms with van der Waals surface area (Å²) in [4.78, 5) is 9.87. The molecule has 0 bridgehead atoms. The van der Waals surface area contributed by atoms with Crippen molar-refractivity contribution < 1.29 is 14.6 Å². The molecule has 3 aromatic rings. The first-order valence-electron chi connectivity index (χ1n) is 9.69. The van der Waals surface area contributed by atoms with Crippen LogP contribution in [0.25, 0.3) is 10.9 Å². The van der Waals surface area contributed by atoms with Crippen LogP contribution in [0, 0.1) is 0 Å². The summed E-state index contributed by atoms with van der Waals surface area (Å²) in [6, 6.07) is 16.0. The van der Waals surface area contributed by atoms with Crippen molar-refractivity contribution in [1.29, 1.82) is 0 Å². The summed E-state index contributed by atoms with van der Waals surface area (Å²) in [6.45, 7) is 3.26. The predicted octanol–water partition coefficient (Wildman–Crippen LogP) is 3.97. The molecule has 0 saturated carbocycles. The fourth-order valence-electron chi connectivity index (χ4n) is 4.06. The van der Waals surface area contributed by atoms with Crippen LogP contribution in [-0.4, -0.2) is 48.4 Å². The minimum absolute atomic E-state index is 0.139. The Bertz CT molecular complexity index is 994. The predicted molar refractivity (Wildman–Crippen MR) is 110 cm³/mol. The Labute approximate surface area is 163 Å². The molecule has 0 radical (unpaired) electrons. The number of aliphatic imine (C=N–C) groups is 1. The minimum atomic E-state index is -0.345. The number of fused-ring (bicyclic) bond motifs is 1. The van der Waals surface area contributed by atoms with Crippen LogP contribution in [0.5, 0.6) is 5.88 Å². The van der Waals surface area contributed by atoms with Crippen molar-refractivity contribution in [3.05, 3.63) is 54.1 Å². The van der Waals surface area contributed by atoms with Gasteiger partial charge in [0.15, 0.2) is 11.7 Å². The molecule has 2 aliphatic heterocycles. The molecule has 3 heterocycles. The number of hydrogen-bond acceptors (Lipinski definition) is 5. The van der Waals surface area contributed by atoms with E-state index in [0.717, 1.165) is 42.5 Å². The number of aromatic hydroxyl groups is 1. The summed E-state index contributed by atoms with van der Waals surface area (Å²) in [5, 5.41) is 11.1. The van der Waals surface area contributed by atoms with E-state index in [4.69, 9.17) is 9.47 Å². The quantitative estimate of drug-likeness (QED) is 0.678. The van der Waals surface area contributed by atoms with Crippen molar-refractivity contribution in [2.24, 2.45) is 4.99 Å². The molecule has 0 amide bonds. The van der Waals surface area contributed by atoms with E-state index in [0.29, 0.717) is 18.8 Å². The van der Waals surface area contributed by atoms with E-state index < -0.39 is 0 Å². The molecule has 0 atom stereocenters. The number of benzene rings is 2. The van der Waals surface area contributed by atoms with Crippen LogP contribution in [0.3, 0.4) is 0 Å². The number of aromatic nitrogens is 1. The summed E-state index contributed by atoms with van der Waals surface area (Å²) >= 11 is 0. The molecule has 2 fully saturated rings. The molecular formula is C22H23N3O3. The Morgan fingerprint density at radius 2 is 1.71 bits per heavy atom. The average molecular weight is 377 g/mol. The van der Waals surface area contributed by atoms with Gasteiger partial charge >= 0.3 is 0 Å². The molecule has 1 spiro atoms. The Balaban J connectivity index is 1.29. The molecule has 5 rings (SSSR count). The molecule has 0 unspecified atom stereocenters. The molecule has 6 heteroatoms. The number of nitrogens with zero attached hydrogens (tertiary/aromatic N) is 2. The number of rotatable bonds is 3. The Kier molecular flexibility index (Phi) is 4.30. The third kappa shape index (κ3) is 3.15. The van der Waals surface area contributed by atoms with Gasteiger partial charge in [0.2, 0.25) is 0 Å². The first kappa shape index (κ1) is 17.3. The topological polar surface area (TPSA) is 70.1 Å². The lowest BCUT2D eigenvalue weighted by Gasteiger charge is -2.38. The van der Waals surface area contributed by atoms with Crippen molar-refractivity contribution in [2.45, 2.75) is 18.6 Å². The monoisotopic (exact) mass is 377 g/mol. The maximum Gasteiger partial charge on any atom is 0.198 e. The highest BCUT2D eigenvalue weighted by Gasteiger charge is 2.39. The normalized spacial score (nSPS) is 19.2. The Morgan fingerprint density at radius 3 is 2.46 bits per heavy atom. The fourth-order valence-corrected chi connectivity index (χ4v) is 4.06. The highest BCUT2D eigenvalue weighted by atomic mass is 16.7. The maximum absolute atomic E-state index is 10.1. The SMILES string of the molecule is Oc1[nH]c2ccccc2c1C=Nc1ccc(N2CCC3(CC2)OCCO3)cc1. The second kappa shape index (κ2) is 6.96. The number of anilines is 1. The molecule has 1 aromatic heterocycles. The van der Waals surface area contributed by atoms with Crippen molar-refractivity contribution >= 4 is 28.5 Å². The lowest BCUT2D eigenvalue weighted by atomic mass is 10.0. The summed E-state index contributed by atoms with van der Waals surface area (Å²) in [5.41, 5.74) is 3.64. The second-order valence-corrected chi connectivity index (χ2v) is 7.30. The molecular weight excluding hydrogens is 354 g/mol. The molecule has 144 valence electrons. The third-order valence-electron chi connectivity index (χ3n) is 5.62. The first-order valence-corrected chi connectivity index (χ1v) is 9.69. The number of nitrogens with one attached hydrogen (secondary N) is 1. The van der Waals surface area contributed by atoms with E-state index in [9.17, 15) is 5.11 Å². The third-order valence-corrected chi connectivity index (χ3v) is 5.62. The van der Waals surface area contributed by atoms with E-state index in [2.05, 4.69) is 27.0 Å². The van der Waals surface area contributed by atoms with E-state index in [1.807, 2.05) is 36.4 Å². The number of aromatic amines is 1. The zero-order chi connectivity index (χ0) is 19.0. The first-order chi connectivity index (χ1) is 13.7.